The molecule has 0 unspecified atom stereocenters. The van der Waals surface area contributed by atoms with Gasteiger partial charge in [0, 0.05) is 10.2 Å². The van der Waals surface area contributed by atoms with Crippen LogP contribution in [0, 0.1) is 6.92 Å². The summed E-state index contributed by atoms with van der Waals surface area (Å²) in [5.74, 6) is -0.0254. The number of hydrogen-bond acceptors (Lipinski definition) is 4. The maximum atomic E-state index is 11.8. The highest BCUT2D eigenvalue weighted by atomic mass is 79.9. The normalized spacial score (nSPS) is 10.3. The van der Waals surface area contributed by atoms with Gasteiger partial charge < -0.3 is 11.1 Å². The second-order valence-electron chi connectivity index (χ2n) is 3.81. The van der Waals surface area contributed by atoms with Crippen molar-refractivity contribution in [2.24, 2.45) is 0 Å². The van der Waals surface area contributed by atoms with E-state index in [1.54, 1.807) is 0 Å². The molecule has 0 bridgehead atoms. The second kappa shape index (κ2) is 5.18. The van der Waals surface area contributed by atoms with E-state index < -0.39 is 0 Å². The van der Waals surface area contributed by atoms with Crippen molar-refractivity contribution in [3.05, 3.63) is 34.6 Å². The molecule has 0 saturated carbocycles. The lowest BCUT2D eigenvalue weighted by Gasteiger charge is -2.08. The molecule has 0 fully saturated rings. The SMILES string of the molecule is Cc1ccc(Br)cc1NC(=O)Cn1cnc(N)n1. The van der Waals surface area contributed by atoms with Gasteiger partial charge in [-0.15, -0.1) is 5.10 Å². The topological polar surface area (TPSA) is 85.8 Å². The number of rotatable bonds is 3. The number of nitrogen functional groups attached to an aromatic ring is 1. The summed E-state index contributed by atoms with van der Waals surface area (Å²) >= 11 is 3.36. The van der Waals surface area contributed by atoms with Gasteiger partial charge in [0.1, 0.15) is 12.9 Å². The van der Waals surface area contributed by atoms with Crippen LogP contribution in [-0.4, -0.2) is 20.7 Å². The first-order chi connectivity index (χ1) is 8.54. The second-order valence-corrected chi connectivity index (χ2v) is 4.72. The zero-order chi connectivity index (χ0) is 13.1. The van der Waals surface area contributed by atoms with Crippen LogP contribution in [0.1, 0.15) is 5.56 Å². The molecule has 94 valence electrons. The molecule has 3 N–H and O–H groups in total. The van der Waals surface area contributed by atoms with Gasteiger partial charge in [-0.3, -0.25) is 4.79 Å². The highest BCUT2D eigenvalue weighted by Gasteiger charge is 2.07. The summed E-state index contributed by atoms with van der Waals surface area (Å²) in [6.45, 7) is 2.01. The molecule has 1 amide bonds. The summed E-state index contributed by atoms with van der Waals surface area (Å²) in [5.41, 5.74) is 7.13. The molecule has 0 atom stereocenters. The van der Waals surface area contributed by atoms with Crippen molar-refractivity contribution in [3.8, 4) is 0 Å². The van der Waals surface area contributed by atoms with E-state index in [9.17, 15) is 4.79 Å². The highest BCUT2D eigenvalue weighted by Crippen LogP contribution is 2.20. The molecule has 0 aliphatic heterocycles. The van der Waals surface area contributed by atoms with Gasteiger partial charge in [-0.05, 0) is 24.6 Å². The number of carbonyl (C=O) groups excluding carboxylic acids is 1. The van der Waals surface area contributed by atoms with Gasteiger partial charge in [0.05, 0.1) is 0 Å². The van der Waals surface area contributed by atoms with E-state index in [1.807, 2.05) is 25.1 Å². The third-order valence-corrected chi connectivity index (χ3v) is 2.83. The fraction of sp³-hybridized carbons (Fsp3) is 0.182. The number of amides is 1. The van der Waals surface area contributed by atoms with Crippen LogP contribution in [0.5, 0.6) is 0 Å². The summed E-state index contributed by atoms with van der Waals surface area (Å²) in [4.78, 5) is 15.5. The Bertz CT molecular complexity index is 581. The van der Waals surface area contributed by atoms with Gasteiger partial charge in [0.2, 0.25) is 11.9 Å². The van der Waals surface area contributed by atoms with E-state index in [-0.39, 0.29) is 18.4 Å². The van der Waals surface area contributed by atoms with Gasteiger partial charge >= 0.3 is 0 Å². The Morgan fingerprint density at radius 1 is 1.56 bits per heavy atom. The Labute approximate surface area is 112 Å². The molecule has 0 saturated heterocycles. The predicted molar refractivity (Wildman–Crippen MR) is 71.9 cm³/mol. The zero-order valence-electron chi connectivity index (χ0n) is 9.72. The number of benzene rings is 1. The number of anilines is 2. The summed E-state index contributed by atoms with van der Waals surface area (Å²) in [6.07, 6.45) is 1.42. The van der Waals surface area contributed by atoms with Gasteiger partial charge in [-0.25, -0.2) is 9.67 Å². The van der Waals surface area contributed by atoms with E-state index in [0.717, 1.165) is 15.7 Å². The third-order valence-electron chi connectivity index (χ3n) is 2.33. The Hall–Kier alpha value is -1.89. The van der Waals surface area contributed by atoms with Gasteiger partial charge in [-0.2, -0.15) is 0 Å². The predicted octanol–water partition coefficient (Wildman–Crippen LogP) is 1.57. The smallest absolute Gasteiger partial charge is 0.246 e. The van der Waals surface area contributed by atoms with Crippen molar-refractivity contribution >= 4 is 33.5 Å². The largest absolute Gasteiger partial charge is 0.367 e. The number of aryl methyl sites for hydroxylation is 1. The quantitative estimate of drug-likeness (QED) is 0.901. The van der Waals surface area contributed by atoms with Crippen LogP contribution in [0.4, 0.5) is 11.6 Å². The lowest BCUT2D eigenvalue weighted by Crippen LogP contribution is -2.19. The fourth-order valence-electron chi connectivity index (χ4n) is 1.45. The summed E-state index contributed by atoms with van der Waals surface area (Å²) in [5, 5.41) is 6.66. The zero-order valence-corrected chi connectivity index (χ0v) is 11.3. The molecule has 1 heterocycles. The minimum Gasteiger partial charge on any atom is -0.367 e. The third kappa shape index (κ3) is 3.07. The molecule has 2 rings (SSSR count). The molecule has 1 aromatic carbocycles. The molecular weight excluding hydrogens is 298 g/mol. The number of nitrogens with two attached hydrogens (primary N) is 1. The van der Waals surface area contributed by atoms with E-state index in [4.69, 9.17) is 5.73 Å². The first-order valence-electron chi connectivity index (χ1n) is 5.25. The van der Waals surface area contributed by atoms with Crippen molar-refractivity contribution in [1.82, 2.24) is 14.8 Å². The summed E-state index contributed by atoms with van der Waals surface area (Å²) < 4.78 is 2.30. The number of aromatic nitrogens is 3. The number of halogens is 1. The first kappa shape index (κ1) is 12.6. The number of carbonyl (C=O) groups is 1. The monoisotopic (exact) mass is 309 g/mol. The molecule has 0 spiro atoms. The molecule has 18 heavy (non-hydrogen) atoms. The average molecular weight is 310 g/mol. The molecular formula is C11H12BrN5O. The fourth-order valence-corrected chi connectivity index (χ4v) is 1.81. The Morgan fingerprint density at radius 2 is 2.33 bits per heavy atom. The molecule has 2 aromatic rings. The molecule has 0 aliphatic rings. The van der Waals surface area contributed by atoms with Crippen molar-refractivity contribution in [1.29, 1.82) is 0 Å². The highest BCUT2D eigenvalue weighted by molar-refractivity contribution is 9.10. The number of hydrogen-bond donors (Lipinski definition) is 2. The summed E-state index contributed by atoms with van der Waals surface area (Å²) in [7, 11) is 0. The minimum atomic E-state index is -0.180. The van der Waals surface area contributed by atoms with Crippen LogP contribution in [0.15, 0.2) is 29.0 Å². The standard InChI is InChI=1S/C11H12BrN5O/c1-7-2-3-8(12)4-9(7)15-10(18)5-17-6-14-11(13)16-17/h2-4,6H,5H2,1H3,(H2,13,16)(H,15,18). The van der Waals surface area contributed by atoms with E-state index in [0.29, 0.717) is 0 Å². The minimum absolute atomic E-state index is 0.0795. The number of nitrogens with one attached hydrogen (secondary N) is 1. The van der Waals surface area contributed by atoms with Gasteiger partial charge in [-0.1, -0.05) is 22.0 Å². The van der Waals surface area contributed by atoms with Gasteiger partial charge in [0.25, 0.3) is 0 Å². The van der Waals surface area contributed by atoms with Crippen molar-refractivity contribution < 1.29 is 4.79 Å². The lowest BCUT2D eigenvalue weighted by molar-refractivity contribution is -0.116. The van der Waals surface area contributed by atoms with E-state index in [1.165, 1.54) is 11.0 Å². The molecule has 6 nitrogen and oxygen atoms in total. The lowest BCUT2D eigenvalue weighted by atomic mass is 10.2. The Morgan fingerprint density at radius 3 is 3.00 bits per heavy atom. The van der Waals surface area contributed by atoms with Crippen LogP contribution in [0.25, 0.3) is 0 Å². The maximum Gasteiger partial charge on any atom is 0.246 e. The number of nitrogens with zero attached hydrogens (tertiary/aromatic N) is 3. The molecule has 0 radical (unpaired) electrons. The maximum absolute atomic E-state index is 11.8. The Kier molecular flexibility index (Phi) is 3.61. The van der Waals surface area contributed by atoms with Crippen LogP contribution >= 0.6 is 15.9 Å². The van der Waals surface area contributed by atoms with Crippen molar-refractivity contribution in [2.75, 3.05) is 11.1 Å². The van der Waals surface area contributed by atoms with Crippen LogP contribution < -0.4 is 11.1 Å². The molecule has 1 aromatic heterocycles. The molecule has 7 heteroatoms. The van der Waals surface area contributed by atoms with Crippen molar-refractivity contribution in [3.63, 3.8) is 0 Å². The average Bonchev–Trinajstić information content (AvgIpc) is 2.69. The van der Waals surface area contributed by atoms with E-state index >= 15 is 0 Å². The van der Waals surface area contributed by atoms with Crippen LogP contribution in [0.2, 0.25) is 0 Å². The molecule has 0 aliphatic carbocycles. The van der Waals surface area contributed by atoms with Crippen LogP contribution in [0.3, 0.4) is 0 Å². The van der Waals surface area contributed by atoms with Crippen molar-refractivity contribution in [2.45, 2.75) is 13.5 Å². The van der Waals surface area contributed by atoms with Gasteiger partial charge in [0.15, 0.2) is 0 Å². The first-order valence-corrected chi connectivity index (χ1v) is 6.05. The van der Waals surface area contributed by atoms with E-state index in [2.05, 4.69) is 31.3 Å². The summed E-state index contributed by atoms with van der Waals surface area (Å²) in [6, 6.07) is 5.69. The Balaban J connectivity index is 2.05. The van der Waals surface area contributed by atoms with Crippen LogP contribution in [-0.2, 0) is 11.3 Å².